The maximum absolute atomic E-state index is 12.7. The van der Waals surface area contributed by atoms with Crippen LogP contribution in [-0.2, 0) is 9.53 Å². The normalized spacial score (nSPS) is 23.4. The van der Waals surface area contributed by atoms with Crippen molar-refractivity contribution in [2.75, 3.05) is 26.0 Å². The topological polar surface area (TPSA) is 110 Å². The number of nitro groups is 1. The molecule has 2 aliphatic rings. The molecule has 0 bridgehead atoms. The number of ether oxygens (including phenoxy) is 1. The van der Waals surface area contributed by atoms with Crippen LogP contribution >= 0.6 is 11.8 Å². The number of aliphatic carboxylic acids is 1. The Kier molecular flexibility index (Phi) is 6.01. The molecule has 0 saturated carbocycles. The minimum atomic E-state index is -0.822. The van der Waals surface area contributed by atoms with E-state index in [9.17, 15) is 24.8 Å². The van der Waals surface area contributed by atoms with Crippen molar-refractivity contribution >= 4 is 29.3 Å². The summed E-state index contributed by atoms with van der Waals surface area (Å²) >= 11 is 1.27. The Hall–Kier alpha value is -2.13. The van der Waals surface area contributed by atoms with Crippen molar-refractivity contribution in [3.63, 3.8) is 0 Å². The zero-order valence-electron chi connectivity index (χ0n) is 15.0. The highest BCUT2D eigenvalue weighted by Gasteiger charge is 2.40. The van der Waals surface area contributed by atoms with Gasteiger partial charge in [-0.1, -0.05) is 0 Å². The highest BCUT2D eigenvalue weighted by atomic mass is 32.2. The number of carbonyl (C=O) groups is 2. The Morgan fingerprint density at radius 1 is 1.30 bits per heavy atom. The second kappa shape index (κ2) is 8.26. The number of carboxylic acid groups (broad SMARTS) is 1. The molecule has 3 rings (SSSR count). The van der Waals surface area contributed by atoms with Crippen LogP contribution in [0.1, 0.15) is 29.6 Å². The van der Waals surface area contributed by atoms with Gasteiger partial charge < -0.3 is 14.7 Å². The summed E-state index contributed by atoms with van der Waals surface area (Å²) < 4.78 is 5.65. The van der Waals surface area contributed by atoms with E-state index in [2.05, 4.69) is 0 Å². The number of hydrogen-bond donors (Lipinski definition) is 1. The monoisotopic (exact) mass is 394 g/mol. The van der Waals surface area contributed by atoms with Crippen LogP contribution < -0.4 is 0 Å². The summed E-state index contributed by atoms with van der Waals surface area (Å²) in [6, 6.07) is 4.56. The molecule has 1 aromatic rings. The van der Waals surface area contributed by atoms with Crippen molar-refractivity contribution in [1.82, 2.24) is 4.90 Å². The third-order valence-corrected chi connectivity index (χ3v) is 6.15. The van der Waals surface area contributed by atoms with Crippen LogP contribution in [0.4, 0.5) is 5.69 Å². The van der Waals surface area contributed by atoms with Gasteiger partial charge in [0, 0.05) is 31.3 Å². The average Bonchev–Trinajstić information content (AvgIpc) is 3.17. The standard InChI is InChI=1S/C18H22N2O6S/c1-27-15-3-2-12(10-14(15)20(24)25)17(21)19-7-4-11(5-8-19)16-13(18(22)23)6-9-26-16/h2-3,10-11,13,16H,4-9H2,1H3,(H,22,23)/t13?,16-/m0/s1. The second-order valence-corrected chi connectivity index (χ2v) is 7.69. The molecule has 1 N–H and O–H groups in total. The zero-order chi connectivity index (χ0) is 19.6. The highest BCUT2D eigenvalue weighted by molar-refractivity contribution is 7.98. The molecule has 1 aromatic carbocycles. The number of nitro benzene ring substituents is 1. The molecule has 146 valence electrons. The van der Waals surface area contributed by atoms with Gasteiger partial charge in [-0.25, -0.2) is 0 Å². The van der Waals surface area contributed by atoms with Gasteiger partial charge in [0.1, 0.15) is 0 Å². The average molecular weight is 394 g/mol. The van der Waals surface area contributed by atoms with Gasteiger partial charge in [0.15, 0.2) is 0 Å². The fourth-order valence-corrected chi connectivity index (χ4v) is 4.47. The number of nitrogens with zero attached hydrogens (tertiary/aromatic N) is 2. The molecule has 0 spiro atoms. The van der Waals surface area contributed by atoms with Gasteiger partial charge in [-0.15, -0.1) is 11.8 Å². The number of carbonyl (C=O) groups excluding carboxylic acids is 1. The number of benzene rings is 1. The van der Waals surface area contributed by atoms with Crippen molar-refractivity contribution in [3.8, 4) is 0 Å². The predicted molar refractivity (Wildman–Crippen MR) is 99.0 cm³/mol. The molecule has 9 heteroatoms. The van der Waals surface area contributed by atoms with Crippen LogP contribution in [0.2, 0.25) is 0 Å². The molecule has 2 heterocycles. The first-order valence-electron chi connectivity index (χ1n) is 8.88. The van der Waals surface area contributed by atoms with E-state index in [1.807, 2.05) is 0 Å². The van der Waals surface area contributed by atoms with Crippen LogP contribution in [0.3, 0.4) is 0 Å². The summed E-state index contributed by atoms with van der Waals surface area (Å²) in [4.78, 5) is 37.0. The maximum Gasteiger partial charge on any atom is 0.309 e. The van der Waals surface area contributed by atoms with E-state index in [-0.39, 0.29) is 23.6 Å². The summed E-state index contributed by atoms with van der Waals surface area (Å²) in [5, 5.41) is 20.5. The zero-order valence-corrected chi connectivity index (χ0v) is 15.8. The number of carboxylic acids is 1. The molecular weight excluding hydrogens is 372 g/mol. The van der Waals surface area contributed by atoms with Crippen molar-refractivity contribution in [2.24, 2.45) is 11.8 Å². The number of likely N-dealkylation sites (tertiary alicyclic amines) is 1. The van der Waals surface area contributed by atoms with Crippen LogP contribution in [-0.4, -0.2) is 58.9 Å². The van der Waals surface area contributed by atoms with E-state index in [0.29, 0.717) is 49.4 Å². The van der Waals surface area contributed by atoms with Crippen molar-refractivity contribution in [1.29, 1.82) is 0 Å². The Balaban J connectivity index is 1.66. The van der Waals surface area contributed by atoms with E-state index in [1.54, 1.807) is 23.3 Å². The molecule has 2 fully saturated rings. The van der Waals surface area contributed by atoms with Gasteiger partial charge in [-0.05, 0) is 43.6 Å². The maximum atomic E-state index is 12.7. The molecule has 0 radical (unpaired) electrons. The summed E-state index contributed by atoms with van der Waals surface area (Å²) in [5.74, 6) is -1.41. The Morgan fingerprint density at radius 2 is 2.00 bits per heavy atom. The van der Waals surface area contributed by atoms with E-state index < -0.39 is 16.8 Å². The lowest BCUT2D eigenvalue weighted by atomic mass is 9.84. The fraction of sp³-hybridized carbons (Fsp3) is 0.556. The van der Waals surface area contributed by atoms with Crippen molar-refractivity contribution in [2.45, 2.75) is 30.3 Å². The molecule has 2 atom stereocenters. The van der Waals surface area contributed by atoms with Gasteiger partial charge in [-0.2, -0.15) is 0 Å². The first-order chi connectivity index (χ1) is 12.9. The second-order valence-electron chi connectivity index (χ2n) is 6.84. The lowest BCUT2D eigenvalue weighted by Gasteiger charge is -2.35. The largest absolute Gasteiger partial charge is 0.481 e. The van der Waals surface area contributed by atoms with Crippen LogP contribution in [0.15, 0.2) is 23.1 Å². The number of rotatable bonds is 5. The molecule has 1 unspecified atom stereocenters. The van der Waals surface area contributed by atoms with Crippen molar-refractivity contribution in [3.05, 3.63) is 33.9 Å². The molecule has 2 saturated heterocycles. The summed E-state index contributed by atoms with van der Waals surface area (Å²) in [6.07, 6.45) is 3.34. The van der Waals surface area contributed by atoms with Gasteiger partial charge in [0.2, 0.25) is 0 Å². The Bertz CT molecular complexity index is 747. The Labute approximate surface area is 161 Å². The molecule has 8 nitrogen and oxygen atoms in total. The minimum absolute atomic E-state index is 0.0631. The molecule has 0 aliphatic carbocycles. The van der Waals surface area contributed by atoms with E-state index in [4.69, 9.17) is 4.74 Å². The van der Waals surface area contributed by atoms with Gasteiger partial charge in [0.05, 0.1) is 21.8 Å². The predicted octanol–water partition coefficient (Wildman–Crippen LogP) is 2.66. The summed E-state index contributed by atoms with van der Waals surface area (Å²) in [6.45, 7) is 1.45. The Morgan fingerprint density at radius 3 is 2.59 bits per heavy atom. The van der Waals surface area contributed by atoms with Crippen LogP contribution in [0.5, 0.6) is 0 Å². The first-order valence-corrected chi connectivity index (χ1v) is 10.1. The first kappa shape index (κ1) is 19.6. The van der Waals surface area contributed by atoms with Gasteiger partial charge in [0.25, 0.3) is 11.6 Å². The molecule has 2 aliphatic heterocycles. The lowest BCUT2D eigenvalue weighted by molar-refractivity contribution is -0.387. The highest BCUT2D eigenvalue weighted by Crippen LogP contribution is 2.34. The molecule has 27 heavy (non-hydrogen) atoms. The lowest BCUT2D eigenvalue weighted by Crippen LogP contribution is -2.43. The number of amides is 1. The van der Waals surface area contributed by atoms with E-state index >= 15 is 0 Å². The van der Waals surface area contributed by atoms with E-state index in [1.165, 1.54) is 17.8 Å². The smallest absolute Gasteiger partial charge is 0.309 e. The van der Waals surface area contributed by atoms with Gasteiger partial charge in [-0.3, -0.25) is 19.7 Å². The molecular formula is C18H22N2O6S. The van der Waals surface area contributed by atoms with Crippen molar-refractivity contribution < 1.29 is 24.4 Å². The minimum Gasteiger partial charge on any atom is -0.481 e. The summed E-state index contributed by atoms with van der Waals surface area (Å²) in [7, 11) is 0. The van der Waals surface area contributed by atoms with Crippen LogP contribution in [0.25, 0.3) is 0 Å². The number of hydrogen-bond acceptors (Lipinski definition) is 6. The third kappa shape index (κ3) is 4.08. The van der Waals surface area contributed by atoms with Crippen LogP contribution in [0, 0.1) is 22.0 Å². The number of thioether (sulfide) groups is 1. The molecule has 1 amide bonds. The summed E-state index contributed by atoms with van der Waals surface area (Å²) in [5.41, 5.74) is 0.241. The van der Waals surface area contributed by atoms with Gasteiger partial charge >= 0.3 is 5.97 Å². The SMILES string of the molecule is CSc1ccc(C(=O)N2CCC([C@@H]3OCCC3C(=O)O)CC2)cc1[N+](=O)[O-]. The van der Waals surface area contributed by atoms with E-state index in [0.717, 1.165) is 0 Å². The fourth-order valence-electron chi connectivity index (χ4n) is 3.92. The quantitative estimate of drug-likeness (QED) is 0.464. The number of piperidine rings is 1. The third-order valence-electron chi connectivity index (χ3n) is 5.37. The molecule has 0 aromatic heterocycles.